The van der Waals surface area contributed by atoms with Crippen LogP contribution in [0.1, 0.15) is 44.7 Å². The second-order valence-corrected chi connectivity index (χ2v) is 6.29. The van der Waals surface area contributed by atoms with Crippen LogP contribution in [-0.2, 0) is 5.41 Å². The van der Waals surface area contributed by atoms with Gasteiger partial charge >= 0.3 is 0 Å². The maximum Gasteiger partial charge on any atom is 0.131 e. The Labute approximate surface area is 110 Å². The molecule has 1 aromatic heterocycles. The average Bonchev–Trinajstić information content (AvgIpc) is 2.75. The van der Waals surface area contributed by atoms with Crippen LogP contribution >= 0.6 is 0 Å². The van der Waals surface area contributed by atoms with Crippen LogP contribution in [0, 0.1) is 6.92 Å². The van der Waals surface area contributed by atoms with Gasteiger partial charge in [-0.05, 0) is 36.3 Å². The van der Waals surface area contributed by atoms with Crippen LogP contribution in [0.4, 0.5) is 5.82 Å². The lowest BCUT2D eigenvalue weighted by Gasteiger charge is -2.27. The predicted octanol–water partition coefficient (Wildman–Crippen LogP) is 2.65. The highest BCUT2D eigenvalue weighted by Gasteiger charge is 2.26. The Morgan fingerprint density at radius 1 is 1.44 bits per heavy atom. The standard InChI is InChI=1S/C15H24N2O/c1-11-8-12(15(2,3)4)9-16-14(11)17-7-5-6-13(17)10-18/h8-9,13,18H,5-7,10H2,1-4H3/t13-/m1/s1. The third-order valence-electron chi connectivity index (χ3n) is 3.78. The summed E-state index contributed by atoms with van der Waals surface area (Å²) in [5.41, 5.74) is 2.61. The summed E-state index contributed by atoms with van der Waals surface area (Å²) >= 11 is 0. The van der Waals surface area contributed by atoms with Crippen molar-refractivity contribution in [2.24, 2.45) is 0 Å². The first-order valence-electron chi connectivity index (χ1n) is 6.78. The summed E-state index contributed by atoms with van der Waals surface area (Å²) in [5.74, 6) is 1.04. The lowest BCUT2D eigenvalue weighted by molar-refractivity contribution is 0.266. The summed E-state index contributed by atoms with van der Waals surface area (Å²) in [4.78, 5) is 6.89. The number of pyridine rings is 1. The molecular weight excluding hydrogens is 224 g/mol. The molecule has 1 N–H and O–H groups in total. The molecule has 1 aliphatic heterocycles. The summed E-state index contributed by atoms with van der Waals surface area (Å²) in [6.45, 7) is 9.96. The maximum atomic E-state index is 9.40. The molecule has 1 aromatic rings. The van der Waals surface area contributed by atoms with Crippen LogP contribution in [0.15, 0.2) is 12.3 Å². The van der Waals surface area contributed by atoms with Crippen molar-refractivity contribution in [3.63, 3.8) is 0 Å². The van der Waals surface area contributed by atoms with Crippen LogP contribution in [-0.4, -0.2) is 29.3 Å². The second kappa shape index (κ2) is 4.88. The van der Waals surface area contributed by atoms with Crippen LogP contribution < -0.4 is 4.90 Å². The smallest absolute Gasteiger partial charge is 0.131 e. The van der Waals surface area contributed by atoms with Gasteiger partial charge in [0, 0.05) is 12.7 Å². The SMILES string of the molecule is Cc1cc(C(C)(C)C)cnc1N1CCC[C@@H]1CO. The van der Waals surface area contributed by atoms with E-state index in [2.05, 4.69) is 43.6 Å². The fourth-order valence-corrected chi connectivity index (χ4v) is 2.58. The number of hydrogen-bond donors (Lipinski definition) is 1. The highest BCUT2D eigenvalue weighted by molar-refractivity contribution is 5.50. The molecule has 0 radical (unpaired) electrons. The van der Waals surface area contributed by atoms with Crippen molar-refractivity contribution in [2.45, 2.75) is 52.0 Å². The number of nitrogens with zero attached hydrogens (tertiary/aromatic N) is 2. The minimum absolute atomic E-state index is 0.137. The Morgan fingerprint density at radius 3 is 2.72 bits per heavy atom. The van der Waals surface area contributed by atoms with Gasteiger partial charge in [-0.3, -0.25) is 0 Å². The molecule has 3 nitrogen and oxygen atoms in total. The Morgan fingerprint density at radius 2 is 2.17 bits per heavy atom. The maximum absolute atomic E-state index is 9.40. The zero-order chi connectivity index (χ0) is 13.3. The van der Waals surface area contributed by atoms with Crippen molar-refractivity contribution in [3.05, 3.63) is 23.4 Å². The normalized spacial score (nSPS) is 20.5. The molecule has 0 saturated carbocycles. The van der Waals surface area contributed by atoms with Crippen LogP contribution in [0.3, 0.4) is 0 Å². The molecule has 2 heterocycles. The number of aliphatic hydroxyl groups is 1. The molecule has 0 aliphatic carbocycles. The van der Waals surface area contributed by atoms with Crippen LogP contribution in [0.2, 0.25) is 0 Å². The average molecular weight is 248 g/mol. The van der Waals surface area contributed by atoms with Gasteiger partial charge in [-0.1, -0.05) is 26.8 Å². The number of rotatable bonds is 2. The van der Waals surface area contributed by atoms with E-state index in [-0.39, 0.29) is 18.1 Å². The van der Waals surface area contributed by atoms with E-state index in [1.54, 1.807) is 0 Å². The fourth-order valence-electron chi connectivity index (χ4n) is 2.58. The van der Waals surface area contributed by atoms with E-state index in [1.165, 1.54) is 11.1 Å². The number of hydrogen-bond acceptors (Lipinski definition) is 3. The monoisotopic (exact) mass is 248 g/mol. The zero-order valence-electron chi connectivity index (χ0n) is 11.9. The van der Waals surface area contributed by atoms with Gasteiger partial charge in [0.1, 0.15) is 5.82 Å². The fraction of sp³-hybridized carbons (Fsp3) is 0.667. The highest BCUT2D eigenvalue weighted by atomic mass is 16.3. The molecule has 18 heavy (non-hydrogen) atoms. The minimum Gasteiger partial charge on any atom is -0.394 e. The summed E-state index contributed by atoms with van der Waals surface area (Å²) in [6, 6.07) is 2.48. The first-order valence-corrected chi connectivity index (χ1v) is 6.78. The molecule has 2 rings (SSSR count). The van der Waals surface area contributed by atoms with Crippen molar-refractivity contribution >= 4 is 5.82 Å². The molecule has 3 heteroatoms. The minimum atomic E-state index is 0.137. The van der Waals surface area contributed by atoms with E-state index in [4.69, 9.17) is 0 Å². The first kappa shape index (κ1) is 13.3. The van der Waals surface area contributed by atoms with E-state index in [0.717, 1.165) is 25.2 Å². The molecule has 1 fully saturated rings. The topological polar surface area (TPSA) is 36.4 Å². The van der Waals surface area contributed by atoms with Gasteiger partial charge in [0.05, 0.1) is 12.6 Å². The lowest BCUT2D eigenvalue weighted by Crippen LogP contribution is -2.33. The molecule has 0 unspecified atom stereocenters. The zero-order valence-corrected chi connectivity index (χ0v) is 11.9. The van der Waals surface area contributed by atoms with Gasteiger partial charge in [0.2, 0.25) is 0 Å². The van der Waals surface area contributed by atoms with Crippen molar-refractivity contribution in [1.82, 2.24) is 4.98 Å². The quantitative estimate of drug-likeness (QED) is 0.874. The van der Waals surface area contributed by atoms with Gasteiger partial charge in [0.15, 0.2) is 0 Å². The Bertz CT molecular complexity index is 423. The number of aliphatic hydroxyl groups excluding tert-OH is 1. The Balaban J connectivity index is 2.30. The molecule has 0 spiro atoms. The summed E-state index contributed by atoms with van der Waals surface area (Å²) in [7, 11) is 0. The molecule has 0 bridgehead atoms. The molecule has 1 aliphatic rings. The number of aromatic nitrogens is 1. The second-order valence-electron chi connectivity index (χ2n) is 6.29. The third-order valence-corrected chi connectivity index (χ3v) is 3.78. The molecule has 100 valence electrons. The van der Waals surface area contributed by atoms with Gasteiger partial charge in [-0.15, -0.1) is 0 Å². The van der Waals surface area contributed by atoms with Gasteiger partial charge < -0.3 is 10.0 Å². The largest absolute Gasteiger partial charge is 0.394 e. The van der Waals surface area contributed by atoms with E-state index >= 15 is 0 Å². The van der Waals surface area contributed by atoms with Crippen molar-refractivity contribution < 1.29 is 5.11 Å². The molecule has 0 amide bonds. The number of aryl methyl sites for hydroxylation is 1. The van der Waals surface area contributed by atoms with E-state index in [1.807, 2.05) is 6.20 Å². The number of anilines is 1. The molecule has 0 aromatic carbocycles. The Hall–Kier alpha value is -1.09. The highest BCUT2D eigenvalue weighted by Crippen LogP contribution is 2.29. The van der Waals surface area contributed by atoms with E-state index in [9.17, 15) is 5.11 Å². The molecule has 1 saturated heterocycles. The Kier molecular flexibility index (Phi) is 3.62. The molecule has 1 atom stereocenters. The predicted molar refractivity (Wildman–Crippen MR) is 75.1 cm³/mol. The van der Waals surface area contributed by atoms with Crippen molar-refractivity contribution in [2.75, 3.05) is 18.1 Å². The van der Waals surface area contributed by atoms with Crippen LogP contribution in [0.5, 0.6) is 0 Å². The van der Waals surface area contributed by atoms with E-state index < -0.39 is 0 Å². The van der Waals surface area contributed by atoms with Gasteiger partial charge in [0.25, 0.3) is 0 Å². The summed E-state index contributed by atoms with van der Waals surface area (Å²) in [6.07, 6.45) is 4.20. The van der Waals surface area contributed by atoms with E-state index in [0.29, 0.717) is 0 Å². The van der Waals surface area contributed by atoms with Gasteiger partial charge in [-0.25, -0.2) is 4.98 Å². The van der Waals surface area contributed by atoms with Crippen molar-refractivity contribution in [1.29, 1.82) is 0 Å². The first-order chi connectivity index (χ1) is 8.43. The van der Waals surface area contributed by atoms with Gasteiger partial charge in [-0.2, -0.15) is 0 Å². The molecular formula is C15H24N2O. The summed E-state index contributed by atoms with van der Waals surface area (Å²) < 4.78 is 0. The summed E-state index contributed by atoms with van der Waals surface area (Å²) in [5, 5.41) is 9.40. The van der Waals surface area contributed by atoms with Crippen LogP contribution in [0.25, 0.3) is 0 Å². The third kappa shape index (κ3) is 2.51. The lowest BCUT2D eigenvalue weighted by atomic mass is 9.87. The van der Waals surface area contributed by atoms with Crippen molar-refractivity contribution in [3.8, 4) is 0 Å².